The van der Waals surface area contributed by atoms with Gasteiger partial charge in [-0.2, -0.15) is 0 Å². The Bertz CT molecular complexity index is 623. The van der Waals surface area contributed by atoms with E-state index in [0.717, 1.165) is 19.0 Å². The van der Waals surface area contributed by atoms with Crippen LogP contribution >= 0.6 is 0 Å². The van der Waals surface area contributed by atoms with Gasteiger partial charge in [-0.05, 0) is 41.8 Å². The predicted octanol–water partition coefficient (Wildman–Crippen LogP) is 4.26. The van der Waals surface area contributed by atoms with Gasteiger partial charge >= 0.3 is 0 Å². The van der Waals surface area contributed by atoms with Crippen LogP contribution in [0.5, 0.6) is 0 Å². The first kappa shape index (κ1) is 14.6. The van der Waals surface area contributed by atoms with Gasteiger partial charge in [-0.1, -0.05) is 45.9 Å². The Kier molecular flexibility index (Phi) is 3.21. The second kappa shape index (κ2) is 4.61. The highest BCUT2D eigenvalue weighted by molar-refractivity contribution is 5.85. The van der Waals surface area contributed by atoms with Crippen LogP contribution in [-0.4, -0.2) is 11.1 Å². The summed E-state index contributed by atoms with van der Waals surface area (Å²) >= 11 is 0. The number of para-hydroxylation sites is 1. The van der Waals surface area contributed by atoms with Gasteiger partial charge in [0.1, 0.15) is 0 Å². The molecule has 114 valence electrons. The molecule has 1 aliphatic carbocycles. The molecule has 1 aliphatic rings. The standard InChI is InChI=1S/C19H28N2/c1-13-14-9-7-8-10-15(14)21(6)16(13)11-20-12-17-18(2,3)19(17,4)5/h7-10,17,20H,11-12H2,1-6H3. The molecule has 3 rings (SSSR count). The highest BCUT2D eigenvalue weighted by atomic mass is 15.0. The summed E-state index contributed by atoms with van der Waals surface area (Å²) in [6, 6.07) is 8.68. The highest BCUT2D eigenvalue weighted by Gasteiger charge is 2.63. The molecule has 0 saturated heterocycles. The van der Waals surface area contributed by atoms with Gasteiger partial charge in [-0.15, -0.1) is 0 Å². The number of aryl methyl sites for hydroxylation is 2. The first-order chi connectivity index (χ1) is 9.78. The van der Waals surface area contributed by atoms with Crippen LogP contribution in [0.2, 0.25) is 0 Å². The lowest BCUT2D eigenvalue weighted by Gasteiger charge is -2.09. The summed E-state index contributed by atoms with van der Waals surface area (Å²) in [4.78, 5) is 0. The third kappa shape index (κ3) is 2.03. The first-order valence-corrected chi connectivity index (χ1v) is 8.02. The van der Waals surface area contributed by atoms with Crippen molar-refractivity contribution in [3.05, 3.63) is 35.5 Å². The van der Waals surface area contributed by atoms with Crippen molar-refractivity contribution in [2.75, 3.05) is 6.54 Å². The molecule has 0 atom stereocenters. The molecule has 1 saturated carbocycles. The molecule has 0 aliphatic heterocycles. The fourth-order valence-electron chi connectivity index (χ4n) is 4.07. The van der Waals surface area contributed by atoms with Crippen molar-refractivity contribution in [3.63, 3.8) is 0 Å². The number of nitrogens with zero attached hydrogens (tertiary/aromatic N) is 1. The molecule has 2 aromatic rings. The van der Waals surface area contributed by atoms with Gasteiger partial charge in [0.2, 0.25) is 0 Å². The smallest absolute Gasteiger partial charge is 0.0483 e. The molecule has 1 aromatic carbocycles. The average molecular weight is 284 g/mol. The topological polar surface area (TPSA) is 17.0 Å². The zero-order valence-electron chi connectivity index (χ0n) is 14.2. The molecular weight excluding hydrogens is 256 g/mol. The van der Waals surface area contributed by atoms with Crippen molar-refractivity contribution in [3.8, 4) is 0 Å². The van der Waals surface area contributed by atoms with Crippen LogP contribution in [-0.2, 0) is 13.6 Å². The van der Waals surface area contributed by atoms with Crippen LogP contribution in [0.4, 0.5) is 0 Å². The summed E-state index contributed by atoms with van der Waals surface area (Å²) in [6.45, 7) is 13.9. The predicted molar refractivity (Wildman–Crippen MR) is 90.4 cm³/mol. The second-order valence-corrected chi connectivity index (χ2v) is 7.77. The fourth-order valence-corrected chi connectivity index (χ4v) is 4.07. The molecule has 0 unspecified atom stereocenters. The van der Waals surface area contributed by atoms with Crippen LogP contribution in [0.15, 0.2) is 24.3 Å². The van der Waals surface area contributed by atoms with E-state index < -0.39 is 0 Å². The van der Waals surface area contributed by atoms with Gasteiger partial charge < -0.3 is 9.88 Å². The van der Waals surface area contributed by atoms with Crippen molar-refractivity contribution in [1.29, 1.82) is 0 Å². The van der Waals surface area contributed by atoms with Gasteiger partial charge in [-0.25, -0.2) is 0 Å². The number of aromatic nitrogens is 1. The van der Waals surface area contributed by atoms with Crippen molar-refractivity contribution in [2.45, 2.75) is 41.2 Å². The zero-order valence-corrected chi connectivity index (χ0v) is 14.2. The summed E-state index contributed by atoms with van der Waals surface area (Å²) in [7, 11) is 2.18. The molecule has 1 fully saturated rings. The lowest BCUT2D eigenvalue weighted by atomic mass is 10.0. The molecule has 1 N–H and O–H groups in total. The Morgan fingerprint density at radius 3 is 2.29 bits per heavy atom. The Labute approximate surface area is 128 Å². The van der Waals surface area contributed by atoms with Crippen molar-refractivity contribution < 1.29 is 0 Å². The van der Waals surface area contributed by atoms with E-state index in [-0.39, 0.29) is 0 Å². The van der Waals surface area contributed by atoms with E-state index >= 15 is 0 Å². The lowest BCUT2D eigenvalue weighted by molar-refractivity contribution is 0.457. The Morgan fingerprint density at radius 2 is 1.71 bits per heavy atom. The van der Waals surface area contributed by atoms with Gasteiger partial charge in [0.25, 0.3) is 0 Å². The first-order valence-electron chi connectivity index (χ1n) is 8.02. The van der Waals surface area contributed by atoms with Crippen LogP contribution in [0.25, 0.3) is 10.9 Å². The third-order valence-electron chi connectivity index (χ3n) is 6.47. The lowest BCUT2D eigenvalue weighted by Crippen LogP contribution is -2.20. The Balaban J connectivity index is 1.72. The minimum Gasteiger partial charge on any atom is -0.346 e. The van der Waals surface area contributed by atoms with Gasteiger partial charge in [0.15, 0.2) is 0 Å². The molecule has 2 nitrogen and oxygen atoms in total. The van der Waals surface area contributed by atoms with Crippen LogP contribution in [0.1, 0.15) is 39.0 Å². The second-order valence-electron chi connectivity index (χ2n) is 7.77. The Morgan fingerprint density at radius 1 is 1.10 bits per heavy atom. The van der Waals surface area contributed by atoms with Gasteiger partial charge in [0.05, 0.1) is 0 Å². The number of fused-ring (bicyclic) bond motifs is 1. The molecule has 1 heterocycles. The van der Waals surface area contributed by atoms with E-state index in [1.54, 1.807) is 0 Å². The quantitative estimate of drug-likeness (QED) is 0.887. The number of hydrogen-bond donors (Lipinski definition) is 1. The van der Waals surface area contributed by atoms with Gasteiger partial charge in [-0.3, -0.25) is 0 Å². The normalized spacial score (nSPS) is 20.1. The van der Waals surface area contributed by atoms with Crippen molar-refractivity contribution >= 4 is 10.9 Å². The monoisotopic (exact) mass is 284 g/mol. The number of benzene rings is 1. The maximum atomic E-state index is 3.70. The summed E-state index contributed by atoms with van der Waals surface area (Å²) in [5.41, 5.74) is 5.09. The number of hydrogen-bond acceptors (Lipinski definition) is 1. The molecule has 0 spiro atoms. The van der Waals surface area contributed by atoms with Crippen LogP contribution in [0.3, 0.4) is 0 Å². The van der Waals surface area contributed by atoms with E-state index in [2.05, 4.69) is 75.8 Å². The average Bonchev–Trinajstić information content (AvgIpc) is 2.70. The summed E-state index contributed by atoms with van der Waals surface area (Å²) in [5.74, 6) is 0.778. The third-order valence-corrected chi connectivity index (χ3v) is 6.47. The van der Waals surface area contributed by atoms with Crippen molar-refractivity contribution in [2.24, 2.45) is 23.8 Å². The maximum absolute atomic E-state index is 3.70. The molecular formula is C19H28N2. The van der Waals surface area contributed by atoms with E-state index in [0.29, 0.717) is 10.8 Å². The molecule has 21 heavy (non-hydrogen) atoms. The molecule has 0 amide bonds. The van der Waals surface area contributed by atoms with E-state index in [4.69, 9.17) is 0 Å². The van der Waals surface area contributed by atoms with Crippen molar-refractivity contribution in [1.82, 2.24) is 9.88 Å². The van der Waals surface area contributed by atoms with Gasteiger partial charge in [0, 0.05) is 30.2 Å². The SMILES string of the molecule is Cc1c(CNCC2C(C)(C)C2(C)C)n(C)c2ccccc12. The molecule has 0 bridgehead atoms. The highest BCUT2D eigenvalue weighted by Crippen LogP contribution is 2.67. The zero-order chi connectivity index (χ0) is 15.4. The largest absolute Gasteiger partial charge is 0.346 e. The van der Waals surface area contributed by atoms with Crippen LogP contribution in [0, 0.1) is 23.7 Å². The van der Waals surface area contributed by atoms with Crippen LogP contribution < -0.4 is 5.32 Å². The minimum atomic E-state index is 0.466. The Hall–Kier alpha value is -1.28. The van der Waals surface area contributed by atoms with E-state index in [9.17, 15) is 0 Å². The molecule has 2 heteroatoms. The number of rotatable bonds is 4. The fraction of sp³-hybridized carbons (Fsp3) is 0.579. The maximum Gasteiger partial charge on any atom is 0.0483 e. The summed E-state index contributed by atoms with van der Waals surface area (Å²) in [5, 5.41) is 5.08. The summed E-state index contributed by atoms with van der Waals surface area (Å²) < 4.78 is 2.33. The molecule has 1 aromatic heterocycles. The summed E-state index contributed by atoms with van der Waals surface area (Å²) in [6.07, 6.45) is 0. The van der Waals surface area contributed by atoms with E-state index in [1.165, 1.54) is 22.2 Å². The molecule has 0 radical (unpaired) electrons. The number of nitrogens with one attached hydrogen (secondary N) is 1. The van der Waals surface area contributed by atoms with E-state index in [1.807, 2.05) is 0 Å². The minimum absolute atomic E-state index is 0.466.